The second-order valence-electron chi connectivity index (χ2n) is 8.50. The summed E-state index contributed by atoms with van der Waals surface area (Å²) in [7, 11) is 3.35. The largest absolute Gasteiger partial charge is 0.493 e. The van der Waals surface area contributed by atoms with Gasteiger partial charge >= 0.3 is 0 Å². The van der Waals surface area contributed by atoms with Crippen molar-refractivity contribution in [2.75, 3.05) is 52.3 Å². The van der Waals surface area contributed by atoms with Crippen molar-refractivity contribution in [3.8, 4) is 11.5 Å². The molecular formula is C25H37N3O3+2. The Hall–Kier alpha value is -2.57. The molecule has 1 aliphatic heterocycles. The molecule has 2 aromatic rings. The number of rotatable bonds is 8. The molecular weight excluding hydrogens is 390 g/mol. The number of methoxy groups -OCH3 is 2. The number of hydrogen-bond acceptors (Lipinski definition) is 3. The van der Waals surface area contributed by atoms with Crippen LogP contribution in [0.4, 0.5) is 5.69 Å². The number of para-hydroxylation sites is 1. The zero-order valence-electron chi connectivity index (χ0n) is 19.6. The van der Waals surface area contributed by atoms with Crippen molar-refractivity contribution >= 4 is 11.6 Å². The lowest BCUT2D eigenvalue weighted by atomic mass is 10.1. The third-order valence-corrected chi connectivity index (χ3v) is 6.36. The Morgan fingerprint density at radius 3 is 2.23 bits per heavy atom. The number of carbonyl (C=O) groups is 1. The van der Waals surface area contributed by atoms with Gasteiger partial charge in [-0.3, -0.25) is 4.79 Å². The van der Waals surface area contributed by atoms with Gasteiger partial charge in [0.2, 0.25) is 0 Å². The van der Waals surface area contributed by atoms with Crippen LogP contribution in [0.2, 0.25) is 0 Å². The van der Waals surface area contributed by atoms with Crippen molar-refractivity contribution in [2.24, 2.45) is 0 Å². The van der Waals surface area contributed by atoms with E-state index >= 15 is 0 Å². The van der Waals surface area contributed by atoms with Gasteiger partial charge in [0.25, 0.3) is 5.91 Å². The Labute approximate surface area is 186 Å². The number of aryl methyl sites for hydroxylation is 3. The molecule has 0 radical (unpaired) electrons. The van der Waals surface area contributed by atoms with Gasteiger partial charge in [-0.05, 0) is 49.1 Å². The highest BCUT2D eigenvalue weighted by molar-refractivity contribution is 5.93. The molecule has 0 atom stereocenters. The molecule has 0 saturated carbocycles. The molecule has 0 bridgehead atoms. The second-order valence-corrected chi connectivity index (χ2v) is 8.50. The maximum atomic E-state index is 12.7. The first-order chi connectivity index (χ1) is 14.9. The SMILES string of the molecule is CCc1cccc(C)c1NC(=O)C[NH+]1CC[NH+](Cc2cc(OC)c(OC)cc2C)CC1. The molecule has 1 aliphatic rings. The average molecular weight is 428 g/mol. The number of piperazine rings is 1. The van der Waals surface area contributed by atoms with Gasteiger partial charge in [0.1, 0.15) is 32.7 Å². The predicted octanol–water partition coefficient (Wildman–Crippen LogP) is 0.805. The smallest absolute Gasteiger partial charge is 0.279 e. The fraction of sp³-hybridized carbons (Fsp3) is 0.480. The van der Waals surface area contributed by atoms with Gasteiger partial charge in [-0.15, -0.1) is 0 Å². The van der Waals surface area contributed by atoms with Crippen LogP contribution in [-0.4, -0.2) is 52.9 Å². The lowest BCUT2D eigenvalue weighted by Gasteiger charge is -2.30. The summed E-state index contributed by atoms with van der Waals surface area (Å²) < 4.78 is 10.9. The first kappa shape index (κ1) is 23.1. The van der Waals surface area contributed by atoms with Gasteiger partial charge in [-0.2, -0.15) is 0 Å². The van der Waals surface area contributed by atoms with E-state index < -0.39 is 0 Å². The Morgan fingerprint density at radius 1 is 0.935 bits per heavy atom. The number of benzene rings is 2. The van der Waals surface area contributed by atoms with Crippen LogP contribution in [0.5, 0.6) is 11.5 Å². The highest BCUT2D eigenvalue weighted by Gasteiger charge is 2.26. The number of carbonyl (C=O) groups excluding carboxylic acids is 1. The fourth-order valence-electron chi connectivity index (χ4n) is 4.41. The normalized spacial score (nSPS) is 18.5. The van der Waals surface area contributed by atoms with E-state index in [-0.39, 0.29) is 5.91 Å². The summed E-state index contributed by atoms with van der Waals surface area (Å²) in [6.07, 6.45) is 0.918. The molecule has 6 heteroatoms. The highest BCUT2D eigenvalue weighted by atomic mass is 16.5. The van der Waals surface area contributed by atoms with E-state index in [1.54, 1.807) is 19.1 Å². The monoisotopic (exact) mass is 427 g/mol. The number of amides is 1. The maximum absolute atomic E-state index is 12.7. The quantitative estimate of drug-likeness (QED) is 0.584. The third kappa shape index (κ3) is 5.77. The summed E-state index contributed by atoms with van der Waals surface area (Å²) in [5.74, 6) is 1.67. The minimum absolute atomic E-state index is 0.109. The molecule has 1 heterocycles. The van der Waals surface area contributed by atoms with E-state index in [9.17, 15) is 4.79 Å². The number of anilines is 1. The number of nitrogens with one attached hydrogen (secondary N) is 3. The molecule has 31 heavy (non-hydrogen) atoms. The standard InChI is InChI=1S/C25H35N3O3/c1-6-20-9-7-8-18(2)25(20)26-24(29)17-28-12-10-27(11-13-28)16-21-15-23(31-5)22(30-4)14-19(21)3/h7-9,14-15H,6,10-13,16-17H2,1-5H3,(H,26,29)/p+2. The first-order valence-corrected chi connectivity index (χ1v) is 11.2. The predicted molar refractivity (Wildman–Crippen MR) is 123 cm³/mol. The molecule has 0 aromatic heterocycles. The van der Waals surface area contributed by atoms with E-state index in [1.807, 2.05) is 0 Å². The molecule has 1 fully saturated rings. The zero-order valence-corrected chi connectivity index (χ0v) is 19.6. The van der Waals surface area contributed by atoms with E-state index in [0.717, 1.165) is 61.9 Å². The minimum atomic E-state index is 0.109. The van der Waals surface area contributed by atoms with Crippen LogP contribution in [0.25, 0.3) is 0 Å². The van der Waals surface area contributed by atoms with Gasteiger partial charge in [0.15, 0.2) is 18.0 Å². The topological polar surface area (TPSA) is 56.4 Å². The van der Waals surface area contributed by atoms with Crippen LogP contribution in [0.1, 0.15) is 29.2 Å². The molecule has 1 saturated heterocycles. The van der Waals surface area contributed by atoms with Crippen molar-refractivity contribution in [1.29, 1.82) is 0 Å². The number of ether oxygens (including phenoxy) is 2. The lowest BCUT2D eigenvalue weighted by molar-refractivity contribution is -1.02. The molecule has 0 aliphatic carbocycles. The van der Waals surface area contributed by atoms with Gasteiger partial charge in [-0.1, -0.05) is 25.1 Å². The summed E-state index contributed by atoms with van der Waals surface area (Å²) in [5, 5.41) is 3.17. The molecule has 6 nitrogen and oxygen atoms in total. The second kappa shape index (κ2) is 10.6. The van der Waals surface area contributed by atoms with Crippen molar-refractivity contribution in [3.63, 3.8) is 0 Å². The van der Waals surface area contributed by atoms with Crippen molar-refractivity contribution in [1.82, 2.24) is 0 Å². The van der Waals surface area contributed by atoms with Crippen LogP contribution < -0.4 is 24.6 Å². The number of quaternary nitrogens is 2. The van der Waals surface area contributed by atoms with E-state index in [1.165, 1.54) is 21.6 Å². The van der Waals surface area contributed by atoms with Crippen molar-refractivity contribution in [2.45, 2.75) is 33.7 Å². The van der Waals surface area contributed by atoms with E-state index in [4.69, 9.17) is 9.47 Å². The van der Waals surface area contributed by atoms with Crippen molar-refractivity contribution < 1.29 is 24.1 Å². The molecule has 168 valence electrons. The molecule has 3 rings (SSSR count). The molecule has 0 spiro atoms. The third-order valence-electron chi connectivity index (χ3n) is 6.36. The maximum Gasteiger partial charge on any atom is 0.279 e. The van der Waals surface area contributed by atoms with E-state index in [2.05, 4.69) is 56.4 Å². The summed E-state index contributed by atoms with van der Waals surface area (Å²) >= 11 is 0. The minimum Gasteiger partial charge on any atom is -0.493 e. The van der Waals surface area contributed by atoms with Crippen LogP contribution in [0, 0.1) is 13.8 Å². The van der Waals surface area contributed by atoms with Gasteiger partial charge in [0, 0.05) is 11.3 Å². The van der Waals surface area contributed by atoms with Crippen LogP contribution in [-0.2, 0) is 17.8 Å². The first-order valence-electron chi connectivity index (χ1n) is 11.2. The zero-order chi connectivity index (χ0) is 22.4. The van der Waals surface area contributed by atoms with Crippen LogP contribution in [0.15, 0.2) is 30.3 Å². The summed E-state index contributed by atoms with van der Waals surface area (Å²) in [6, 6.07) is 10.3. The molecule has 0 unspecified atom stereocenters. The van der Waals surface area contributed by atoms with Crippen molar-refractivity contribution in [3.05, 3.63) is 52.6 Å². The molecule has 3 N–H and O–H groups in total. The lowest BCUT2D eigenvalue weighted by Crippen LogP contribution is -3.28. The fourth-order valence-corrected chi connectivity index (χ4v) is 4.41. The van der Waals surface area contributed by atoms with Crippen LogP contribution >= 0.6 is 0 Å². The summed E-state index contributed by atoms with van der Waals surface area (Å²) in [4.78, 5) is 15.6. The summed E-state index contributed by atoms with van der Waals surface area (Å²) in [5.41, 5.74) is 5.83. The number of hydrogen-bond donors (Lipinski definition) is 3. The Morgan fingerprint density at radius 2 is 1.58 bits per heavy atom. The molecule has 1 amide bonds. The van der Waals surface area contributed by atoms with Gasteiger partial charge in [0.05, 0.1) is 14.2 Å². The summed E-state index contributed by atoms with van der Waals surface area (Å²) in [6.45, 7) is 11.9. The average Bonchev–Trinajstić information content (AvgIpc) is 2.77. The van der Waals surface area contributed by atoms with Gasteiger partial charge in [-0.25, -0.2) is 0 Å². The Bertz CT molecular complexity index is 905. The Balaban J connectivity index is 1.53. The highest BCUT2D eigenvalue weighted by Crippen LogP contribution is 2.29. The van der Waals surface area contributed by atoms with Crippen LogP contribution in [0.3, 0.4) is 0 Å². The molecule has 2 aromatic carbocycles. The van der Waals surface area contributed by atoms with Gasteiger partial charge < -0.3 is 24.6 Å². The Kier molecular flexibility index (Phi) is 7.93. The van der Waals surface area contributed by atoms with E-state index in [0.29, 0.717) is 6.54 Å².